The topological polar surface area (TPSA) is 38.0 Å². The Kier molecular flexibility index (Phi) is 7.17. The molecule has 72 valence electrons. The first kappa shape index (κ1) is 12.8. The van der Waals surface area contributed by atoms with E-state index in [1.54, 1.807) is 12.1 Å². The van der Waals surface area contributed by atoms with E-state index < -0.39 is 0 Å². The lowest BCUT2D eigenvalue weighted by Gasteiger charge is -2.02. The van der Waals surface area contributed by atoms with Crippen molar-refractivity contribution in [2.24, 2.45) is 5.73 Å². The minimum absolute atomic E-state index is 0.688. The fourth-order valence-corrected chi connectivity index (χ4v) is 1.33. The van der Waals surface area contributed by atoms with Gasteiger partial charge in [-0.25, -0.2) is 0 Å². The van der Waals surface area contributed by atoms with E-state index >= 15 is 0 Å². The van der Waals surface area contributed by atoms with Crippen LogP contribution in [-0.2, 0) is 0 Å². The van der Waals surface area contributed by atoms with Crippen LogP contribution in [0.2, 0.25) is 5.02 Å². The molecule has 1 rings (SSSR count). The smallest absolute Gasteiger partial charge is 0.0659 e. The van der Waals surface area contributed by atoms with Crippen molar-refractivity contribution in [2.75, 3.05) is 12.4 Å². The number of benzene rings is 1. The highest BCUT2D eigenvalue weighted by Crippen LogP contribution is 2.25. The molecule has 0 saturated heterocycles. The fourth-order valence-electron chi connectivity index (χ4n) is 0.672. The standard InChI is InChI=1S/C7H5BrClNS.CH5N/c8-6-2-1-5(9)3-7(6)10-4-11;1-2/h1-4H,(H,10,11);2H2,1H3. The molecule has 0 bridgehead atoms. The van der Waals surface area contributed by atoms with Crippen LogP contribution in [0.1, 0.15) is 0 Å². The Morgan fingerprint density at radius 2 is 2.15 bits per heavy atom. The van der Waals surface area contributed by atoms with Gasteiger partial charge in [-0.05, 0) is 41.2 Å². The van der Waals surface area contributed by atoms with E-state index in [0.717, 1.165) is 10.2 Å². The maximum atomic E-state index is 5.74. The summed E-state index contributed by atoms with van der Waals surface area (Å²) in [5.41, 5.74) is 6.82. The van der Waals surface area contributed by atoms with E-state index in [0.29, 0.717) is 5.02 Å². The molecule has 0 spiro atoms. The van der Waals surface area contributed by atoms with E-state index in [4.69, 9.17) is 11.6 Å². The van der Waals surface area contributed by atoms with Gasteiger partial charge in [-0.15, -0.1) is 0 Å². The van der Waals surface area contributed by atoms with Gasteiger partial charge in [0.25, 0.3) is 0 Å². The second kappa shape index (κ2) is 7.26. The highest BCUT2D eigenvalue weighted by atomic mass is 79.9. The van der Waals surface area contributed by atoms with Crippen molar-refractivity contribution in [2.45, 2.75) is 0 Å². The number of rotatable bonds is 2. The molecule has 0 unspecified atom stereocenters. The summed E-state index contributed by atoms with van der Waals surface area (Å²) in [5, 5.41) is 3.56. The van der Waals surface area contributed by atoms with Gasteiger partial charge >= 0.3 is 0 Å². The van der Waals surface area contributed by atoms with Gasteiger partial charge in [0.2, 0.25) is 0 Å². The monoisotopic (exact) mass is 280 g/mol. The van der Waals surface area contributed by atoms with Crippen molar-refractivity contribution in [3.63, 3.8) is 0 Å². The Bertz CT molecular complexity index is 281. The molecule has 0 saturated carbocycles. The predicted molar refractivity (Wildman–Crippen MR) is 66.5 cm³/mol. The van der Waals surface area contributed by atoms with Crippen LogP contribution in [-0.4, -0.2) is 12.5 Å². The lowest BCUT2D eigenvalue weighted by molar-refractivity contribution is 1.48. The second-order valence-corrected chi connectivity index (χ2v) is 3.41. The molecule has 3 N–H and O–H groups in total. The Morgan fingerprint density at radius 1 is 1.54 bits per heavy atom. The number of nitrogens with one attached hydrogen (secondary N) is 1. The fraction of sp³-hybridized carbons (Fsp3) is 0.125. The number of halogens is 2. The normalized spacial score (nSPS) is 8.31. The summed E-state index contributed by atoms with van der Waals surface area (Å²) in [6, 6.07) is 5.47. The molecule has 13 heavy (non-hydrogen) atoms. The summed E-state index contributed by atoms with van der Waals surface area (Å²) in [5.74, 6) is 0. The first-order valence-electron chi connectivity index (χ1n) is 3.47. The van der Waals surface area contributed by atoms with Crippen LogP contribution in [0.25, 0.3) is 0 Å². The van der Waals surface area contributed by atoms with Gasteiger partial charge in [-0.3, -0.25) is 0 Å². The first-order valence-corrected chi connectivity index (χ1v) is 5.11. The number of hydrogen-bond donors (Lipinski definition) is 2. The molecule has 0 aliphatic rings. The average Bonchev–Trinajstić information content (AvgIpc) is 2.15. The zero-order chi connectivity index (χ0) is 10.3. The lowest BCUT2D eigenvalue weighted by atomic mass is 10.3. The summed E-state index contributed by atoms with van der Waals surface area (Å²) in [6.45, 7) is 0. The van der Waals surface area contributed by atoms with Gasteiger partial charge in [0, 0.05) is 9.50 Å². The molecule has 5 heteroatoms. The molecule has 0 fully saturated rings. The van der Waals surface area contributed by atoms with Crippen LogP contribution in [0.3, 0.4) is 0 Å². The summed E-state index contributed by atoms with van der Waals surface area (Å²) >= 11 is 13.7. The molecule has 0 aliphatic carbocycles. The first-order chi connectivity index (χ1) is 6.24. The van der Waals surface area contributed by atoms with E-state index in [9.17, 15) is 0 Å². The number of nitrogens with two attached hydrogens (primary N) is 1. The molecule has 2 nitrogen and oxygen atoms in total. The van der Waals surface area contributed by atoms with Crippen molar-refractivity contribution in [3.05, 3.63) is 27.7 Å². The molecule has 1 aromatic rings. The summed E-state index contributed by atoms with van der Waals surface area (Å²) in [6.07, 6.45) is 0. The highest BCUT2D eigenvalue weighted by molar-refractivity contribution is 9.10. The van der Waals surface area contributed by atoms with E-state index in [2.05, 4.69) is 39.2 Å². The highest BCUT2D eigenvalue weighted by Gasteiger charge is 1.97. The molecule has 0 aliphatic heterocycles. The Balaban J connectivity index is 0.000000671. The third kappa shape index (κ3) is 4.57. The molecule has 1 aromatic carbocycles. The van der Waals surface area contributed by atoms with Crippen LogP contribution in [0, 0.1) is 0 Å². The quantitative estimate of drug-likeness (QED) is 0.818. The zero-order valence-electron chi connectivity index (χ0n) is 7.05. The number of hydrogen-bond acceptors (Lipinski definition) is 2. The van der Waals surface area contributed by atoms with Gasteiger partial charge in [0.1, 0.15) is 0 Å². The predicted octanol–water partition coefficient (Wildman–Crippen LogP) is 3.05. The second-order valence-electron chi connectivity index (χ2n) is 1.89. The van der Waals surface area contributed by atoms with Gasteiger partial charge in [0.05, 0.1) is 11.2 Å². The largest absolute Gasteiger partial charge is 0.352 e. The van der Waals surface area contributed by atoms with Gasteiger partial charge in [-0.1, -0.05) is 23.8 Å². The SMILES string of the molecule is CN.S=CNc1cc(Cl)ccc1Br. The molecule has 0 atom stereocenters. The van der Waals surface area contributed by atoms with Crippen LogP contribution >= 0.6 is 39.7 Å². The van der Waals surface area contributed by atoms with Crippen LogP contribution in [0.15, 0.2) is 22.7 Å². The number of thiocarbonyl (C=S) groups is 1. The molecule has 0 radical (unpaired) electrons. The van der Waals surface area contributed by atoms with Crippen LogP contribution < -0.4 is 11.1 Å². The molecular formula is C8H10BrClN2S. The van der Waals surface area contributed by atoms with Crippen molar-refractivity contribution in [3.8, 4) is 0 Å². The molecule has 0 amide bonds. The van der Waals surface area contributed by atoms with Crippen molar-refractivity contribution in [1.29, 1.82) is 0 Å². The minimum atomic E-state index is 0.688. The van der Waals surface area contributed by atoms with E-state index in [-0.39, 0.29) is 0 Å². The summed E-state index contributed by atoms with van der Waals surface area (Å²) < 4.78 is 0.947. The molecule has 0 aromatic heterocycles. The van der Waals surface area contributed by atoms with Crippen LogP contribution in [0.5, 0.6) is 0 Å². The van der Waals surface area contributed by atoms with Crippen molar-refractivity contribution in [1.82, 2.24) is 0 Å². The minimum Gasteiger partial charge on any atom is -0.352 e. The molecule has 0 heterocycles. The Morgan fingerprint density at radius 3 is 2.69 bits per heavy atom. The van der Waals surface area contributed by atoms with Crippen LogP contribution in [0.4, 0.5) is 5.69 Å². The van der Waals surface area contributed by atoms with Crippen molar-refractivity contribution >= 4 is 50.9 Å². The van der Waals surface area contributed by atoms with E-state index in [1.807, 2.05) is 6.07 Å². The van der Waals surface area contributed by atoms with Gasteiger partial charge in [-0.2, -0.15) is 0 Å². The molecular weight excluding hydrogens is 272 g/mol. The Hall–Kier alpha value is -0.160. The van der Waals surface area contributed by atoms with Gasteiger partial charge in [0.15, 0.2) is 0 Å². The lowest BCUT2D eigenvalue weighted by Crippen LogP contribution is -1.92. The van der Waals surface area contributed by atoms with Crippen molar-refractivity contribution < 1.29 is 0 Å². The third-order valence-corrected chi connectivity index (χ3v) is 2.19. The van der Waals surface area contributed by atoms with Gasteiger partial charge < -0.3 is 11.1 Å². The maximum Gasteiger partial charge on any atom is 0.0659 e. The number of anilines is 1. The third-order valence-electron chi connectivity index (χ3n) is 1.14. The maximum absolute atomic E-state index is 5.74. The average molecular weight is 282 g/mol. The Labute approximate surface area is 96.6 Å². The zero-order valence-corrected chi connectivity index (χ0v) is 10.2. The van der Waals surface area contributed by atoms with E-state index in [1.165, 1.54) is 12.5 Å². The summed E-state index contributed by atoms with van der Waals surface area (Å²) in [7, 11) is 1.50. The summed E-state index contributed by atoms with van der Waals surface area (Å²) in [4.78, 5) is 0.